The highest BCUT2D eigenvalue weighted by Crippen LogP contribution is 2.27. The first kappa shape index (κ1) is 19.2. The molecule has 1 N–H and O–H groups in total. The summed E-state index contributed by atoms with van der Waals surface area (Å²) in [5, 5.41) is 12.5. The van der Waals surface area contributed by atoms with Crippen LogP contribution in [0.3, 0.4) is 0 Å². The molecule has 4 aromatic carbocycles. The van der Waals surface area contributed by atoms with Crippen molar-refractivity contribution in [3.8, 4) is 28.3 Å². The molecule has 0 aliphatic rings. The van der Waals surface area contributed by atoms with E-state index in [1.807, 2.05) is 91.9 Å². The molecule has 0 spiro atoms. The summed E-state index contributed by atoms with van der Waals surface area (Å²) < 4.78 is 0. The summed E-state index contributed by atoms with van der Waals surface area (Å²) in [5.41, 5.74) is 6.53. The highest BCUT2D eigenvalue weighted by Gasteiger charge is 2.15. The third-order valence-electron chi connectivity index (χ3n) is 5.06. The van der Waals surface area contributed by atoms with Crippen LogP contribution in [0.2, 0.25) is 0 Å². The van der Waals surface area contributed by atoms with Crippen LogP contribution in [-0.2, 0) is 0 Å². The Bertz CT molecular complexity index is 1220. The number of aryl methyl sites for hydroxylation is 1. The van der Waals surface area contributed by atoms with Gasteiger partial charge in [-0.05, 0) is 59.0 Å². The molecular weight excluding hydrogens is 368 g/mol. The number of benzene rings is 4. The zero-order valence-electron chi connectivity index (χ0n) is 16.6. The van der Waals surface area contributed by atoms with Crippen molar-refractivity contribution < 1.29 is 4.79 Å². The van der Waals surface area contributed by atoms with Crippen LogP contribution in [0.15, 0.2) is 97.1 Å². The summed E-state index contributed by atoms with van der Waals surface area (Å²) in [6, 6.07) is 33.4. The molecule has 0 fully saturated rings. The van der Waals surface area contributed by atoms with Crippen LogP contribution in [0.5, 0.6) is 0 Å². The molecule has 3 heteroatoms. The Kier molecular flexibility index (Phi) is 5.41. The minimum atomic E-state index is -0.295. The lowest BCUT2D eigenvalue weighted by Crippen LogP contribution is -2.14. The van der Waals surface area contributed by atoms with E-state index in [1.165, 1.54) is 0 Å². The van der Waals surface area contributed by atoms with Crippen LogP contribution in [0.4, 0.5) is 5.69 Å². The van der Waals surface area contributed by atoms with Gasteiger partial charge in [0.15, 0.2) is 0 Å². The fraction of sp³-hybridized carbons (Fsp3) is 0.0370. The van der Waals surface area contributed by atoms with E-state index in [0.29, 0.717) is 16.8 Å². The molecule has 0 bridgehead atoms. The third-order valence-corrected chi connectivity index (χ3v) is 5.06. The van der Waals surface area contributed by atoms with E-state index < -0.39 is 0 Å². The van der Waals surface area contributed by atoms with Crippen LogP contribution in [0.1, 0.15) is 21.5 Å². The molecule has 4 aromatic rings. The summed E-state index contributed by atoms with van der Waals surface area (Å²) in [5.74, 6) is -0.295. The van der Waals surface area contributed by atoms with Crippen LogP contribution in [0.25, 0.3) is 22.3 Å². The molecule has 0 radical (unpaired) electrons. The van der Waals surface area contributed by atoms with Gasteiger partial charge in [0.2, 0.25) is 0 Å². The van der Waals surface area contributed by atoms with E-state index in [0.717, 1.165) is 27.8 Å². The molecule has 0 unspecified atom stereocenters. The SMILES string of the molecule is Cc1cc(C#N)c(C(=O)Nc2ccc(-c3ccccc3)cc2)cc1-c1ccccc1. The van der Waals surface area contributed by atoms with E-state index >= 15 is 0 Å². The van der Waals surface area contributed by atoms with Gasteiger partial charge in [0.05, 0.1) is 17.2 Å². The summed E-state index contributed by atoms with van der Waals surface area (Å²) >= 11 is 0. The second-order valence-corrected chi connectivity index (χ2v) is 7.09. The van der Waals surface area contributed by atoms with Gasteiger partial charge in [-0.2, -0.15) is 5.26 Å². The number of hydrogen-bond acceptors (Lipinski definition) is 2. The molecule has 0 aliphatic carbocycles. The fourth-order valence-corrected chi connectivity index (χ4v) is 3.49. The predicted octanol–water partition coefficient (Wildman–Crippen LogP) is 6.45. The molecule has 0 saturated carbocycles. The minimum absolute atomic E-state index is 0.295. The zero-order chi connectivity index (χ0) is 20.9. The van der Waals surface area contributed by atoms with Gasteiger partial charge in [-0.15, -0.1) is 0 Å². The number of nitrogens with one attached hydrogen (secondary N) is 1. The van der Waals surface area contributed by atoms with E-state index in [4.69, 9.17) is 0 Å². The van der Waals surface area contributed by atoms with Crippen molar-refractivity contribution in [1.82, 2.24) is 0 Å². The Morgan fingerprint density at radius 1 is 0.767 bits per heavy atom. The van der Waals surface area contributed by atoms with Crippen molar-refractivity contribution in [2.45, 2.75) is 6.92 Å². The minimum Gasteiger partial charge on any atom is -0.322 e. The summed E-state index contributed by atoms with van der Waals surface area (Å²) in [6.45, 7) is 1.95. The molecule has 0 atom stereocenters. The van der Waals surface area contributed by atoms with Gasteiger partial charge in [-0.1, -0.05) is 72.8 Å². The lowest BCUT2D eigenvalue weighted by atomic mass is 9.94. The molecule has 1 amide bonds. The number of rotatable bonds is 4. The van der Waals surface area contributed by atoms with E-state index in [9.17, 15) is 10.1 Å². The highest BCUT2D eigenvalue weighted by molar-refractivity contribution is 6.07. The van der Waals surface area contributed by atoms with Gasteiger partial charge in [0.1, 0.15) is 0 Å². The second-order valence-electron chi connectivity index (χ2n) is 7.09. The Labute approximate surface area is 176 Å². The number of nitrogens with zero attached hydrogens (tertiary/aromatic N) is 1. The Morgan fingerprint density at radius 3 is 1.93 bits per heavy atom. The van der Waals surface area contributed by atoms with E-state index in [1.54, 1.807) is 12.1 Å². The van der Waals surface area contributed by atoms with Gasteiger partial charge >= 0.3 is 0 Å². The second kappa shape index (κ2) is 8.46. The normalized spacial score (nSPS) is 10.3. The molecular formula is C27H20N2O. The largest absolute Gasteiger partial charge is 0.322 e. The molecule has 0 heterocycles. The Balaban J connectivity index is 1.62. The van der Waals surface area contributed by atoms with Crippen LogP contribution in [0, 0.1) is 18.3 Å². The van der Waals surface area contributed by atoms with Crippen molar-refractivity contribution in [2.75, 3.05) is 5.32 Å². The van der Waals surface area contributed by atoms with Gasteiger partial charge in [-0.3, -0.25) is 4.79 Å². The van der Waals surface area contributed by atoms with Crippen molar-refractivity contribution in [2.24, 2.45) is 0 Å². The molecule has 3 nitrogen and oxygen atoms in total. The molecule has 144 valence electrons. The van der Waals surface area contributed by atoms with Crippen molar-refractivity contribution in [3.63, 3.8) is 0 Å². The topological polar surface area (TPSA) is 52.9 Å². The summed E-state index contributed by atoms with van der Waals surface area (Å²) in [6.07, 6.45) is 0. The van der Waals surface area contributed by atoms with Crippen molar-refractivity contribution >= 4 is 11.6 Å². The number of nitriles is 1. The summed E-state index contributed by atoms with van der Waals surface area (Å²) in [4.78, 5) is 13.0. The zero-order valence-corrected chi connectivity index (χ0v) is 16.6. The lowest BCUT2D eigenvalue weighted by Gasteiger charge is -2.12. The maximum Gasteiger partial charge on any atom is 0.257 e. The standard InChI is InChI=1S/C27H20N2O/c1-19-16-23(18-28)26(17-25(19)22-10-6-3-7-11-22)27(30)29-24-14-12-21(13-15-24)20-8-4-2-5-9-20/h2-17H,1H3,(H,29,30). The van der Waals surface area contributed by atoms with Crippen LogP contribution in [-0.4, -0.2) is 5.91 Å². The Hall–Kier alpha value is -4.16. The van der Waals surface area contributed by atoms with E-state index in [-0.39, 0.29) is 5.91 Å². The van der Waals surface area contributed by atoms with Crippen molar-refractivity contribution in [3.05, 3.63) is 114 Å². The quantitative estimate of drug-likeness (QED) is 0.436. The number of carbonyl (C=O) groups excluding carboxylic acids is 1. The van der Waals surface area contributed by atoms with Gasteiger partial charge < -0.3 is 5.32 Å². The number of hydrogen-bond donors (Lipinski definition) is 1. The summed E-state index contributed by atoms with van der Waals surface area (Å²) in [7, 11) is 0. The number of carbonyl (C=O) groups is 1. The monoisotopic (exact) mass is 388 g/mol. The van der Waals surface area contributed by atoms with Gasteiger partial charge in [-0.25, -0.2) is 0 Å². The van der Waals surface area contributed by atoms with Crippen molar-refractivity contribution in [1.29, 1.82) is 5.26 Å². The average Bonchev–Trinajstić information content (AvgIpc) is 2.80. The maximum atomic E-state index is 13.0. The maximum absolute atomic E-state index is 13.0. The Morgan fingerprint density at radius 2 is 1.33 bits per heavy atom. The first-order valence-corrected chi connectivity index (χ1v) is 9.73. The molecule has 0 saturated heterocycles. The lowest BCUT2D eigenvalue weighted by molar-refractivity contribution is 0.102. The van der Waals surface area contributed by atoms with Gasteiger partial charge in [0, 0.05) is 5.69 Å². The van der Waals surface area contributed by atoms with Crippen LogP contribution >= 0.6 is 0 Å². The predicted molar refractivity (Wildman–Crippen MR) is 121 cm³/mol. The van der Waals surface area contributed by atoms with Crippen LogP contribution < -0.4 is 5.32 Å². The smallest absolute Gasteiger partial charge is 0.257 e. The third kappa shape index (κ3) is 3.99. The van der Waals surface area contributed by atoms with Gasteiger partial charge in [0.25, 0.3) is 5.91 Å². The first-order chi connectivity index (χ1) is 14.7. The highest BCUT2D eigenvalue weighted by atomic mass is 16.1. The number of anilines is 1. The average molecular weight is 388 g/mol. The number of amides is 1. The molecule has 4 rings (SSSR count). The molecule has 0 aromatic heterocycles. The fourth-order valence-electron chi connectivity index (χ4n) is 3.49. The molecule has 30 heavy (non-hydrogen) atoms. The first-order valence-electron chi connectivity index (χ1n) is 9.73. The molecule has 0 aliphatic heterocycles. The van der Waals surface area contributed by atoms with E-state index in [2.05, 4.69) is 11.4 Å².